The molecule has 3 saturated heterocycles. The third-order valence-electron chi connectivity index (χ3n) is 8.79. The molecule has 1 aromatic rings. The summed E-state index contributed by atoms with van der Waals surface area (Å²) < 4.78 is -0.772. The third kappa shape index (κ3) is 5.78. The first-order chi connectivity index (χ1) is 19.8. The van der Waals surface area contributed by atoms with Crippen LogP contribution in [0.3, 0.4) is 0 Å². The van der Waals surface area contributed by atoms with E-state index in [1.165, 1.54) is 0 Å². The average molecular weight is 647 g/mol. The quantitative estimate of drug-likeness (QED) is 0.168. The maximum atomic E-state index is 14.7. The Bertz CT molecular complexity index is 1120. The van der Waals surface area contributed by atoms with E-state index in [1.807, 2.05) is 42.2 Å². The van der Waals surface area contributed by atoms with Crippen LogP contribution in [0.1, 0.15) is 57.6 Å². The molecule has 2 bridgehead atoms. The number of likely N-dealkylation sites (tertiary alicyclic amines) is 1. The first kappa shape index (κ1) is 31.8. The molecule has 7 nitrogen and oxygen atoms in total. The van der Waals surface area contributed by atoms with Crippen molar-refractivity contribution in [2.24, 2.45) is 11.8 Å². The second-order valence-electron chi connectivity index (χ2n) is 11.4. The van der Waals surface area contributed by atoms with Crippen molar-refractivity contribution in [3.05, 3.63) is 61.2 Å². The Balaban J connectivity index is 1.83. The average Bonchev–Trinajstić information content (AvgIpc) is 3.56. The molecule has 1 aromatic carbocycles. The van der Waals surface area contributed by atoms with Gasteiger partial charge in [0.1, 0.15) is 6.04 Å². The molecule has 0 saturated carbocycles. The van der Waals surface area contributed by atoms with Gasteiger partial charge in [0.15, 0.2) is 0 Å². The minimum atomic E-state index is -0.800. The summed E-state index contributed by atoms with van der Waals surface area (Å²) in [5.41, 5.74) is 0.774. The smallest absolute Gasteiger partial charge is 0.247 e. The molecule has 3 fully saturated rings. The Morgan fingerprint density at radius 3 is 2.34 bits per heavy atom. The molecule has 224 valence electrons. The zero-order valence-corrected chi connectivity index (χ0v) is 26.7. The number of aliphatic hydroxyl groups is 1. The summed E-state index contributed by atoms with van der Waals surface area (Å²) in [6.07, 6.45) is 7.76. The van der Waals surface area contributed by atoms with E-state index in [0.717, 1.165) is 31.2 Å². The number of halogens is 1. The van der Waals surface area contributed by atoms with Crippen LogP contribution in [0.15, 0.2) is 55.6 Å². The second kappa shape index (κ2) is 13.9. The molecule has 3 heterocycles. The monoisotopic (exact) mass is 645 g/mol. The van der Waals surface area contributed by atoms with E-state index >= 15 is 0 Å². The van der Waals surface area contributed by atoms with Crippen LogP contribution in [0, 0.1) is 11.8 Å². The Morgan fingerprint density at radius 1 is 1.10 bits per heavy atom. The van der Waals surface area contributed by atoms with Gasteiger partial charge in [0.2, 0.25) is 17.7 Å². The van der Waals surface area contributed by atoms with Crippen LogP contribution in [0.25, 0.3) is 0 Å². The number of amides is 3. The van der Waals surface area contributed by atoms with E-state index in [-0.39, 0.29) is 34.4 Å². The molecule has 3 unspecified atom stereocenters. The van der Waals surface area contributed by atoms with Crippen molar-refractivity contribution in [2.75, 3.05) is 32.8 Å². The third-order valence-corrected chi connectivity index (χ3v) is 12.0. The molecule has 9 heteroatoms. The number of hydrogen-bond acceptors (Lipinski definition) is 5. The summed E-state index contributed by atoms with van der Waals surface area (Å²) in [5.74, 6) is -1.57. The van der Waals surface area contributed by atoms with Crippen molar-refractivity contribution >= 4 is 45.4 Å². The second-order valence-corrected chi connectivity index (χ2v) is 14.1. The number of unbranched alkanes of at least 4 members (excludes halogenated alkanes) is 2. The van der Waals surface area contributed by atoms with Gasteiger partial charge in [0.05, 0.1) is 29.2 Å². The van der Waals surface area contributed by atoms with Gasteiger partial charge in [-0.3, -0.25) is 14.4 Å². The molecular weight excluding hydrogens is 602 g/mol. The van der Waals surface area contributed by atoms with E-state index in [9.17, 15) is 19.5 Å². The largest absolute Gasteiger partial charge is 0.394 e. The number of hydrogen-bond donors (Lipinski definition) is 1. The SMILES string of the molecule is C=CCN(CCCCC)C(=O)C1N([C@H](CO)c2ccccc2)C(=O)[C@@H]2[C@H](C(=O)N(CC=C)CCC)[C@H]3SC12CC3Br. The molecule has 0 aliphatic carbocycles. The van der Waals surface area contributed by atoms with Gasteiger partial charge in [0, 0.05) is 36.3 Å². The molecule has 41 heavy (non-hydrogen) atoms. The summed E-state index contributed by atoms with van der Waals surface area (Å²) in [4.78, 5) is 48.7. The lowest BCUT2D eigenvalue weighted by Crippen LogP contribution is -2.56. The summed E-state index contributed by atoms with van der Waals surface area (Å²) >= 11 is 5.51. The Labute approximate surface area is 257 Å². The number of rotatable bonds is 15. The number of thioether (sulfide) groups is 1. The predicted molar refractivity (Wildman–Crippen MR) is 169 cm³/mol. The highest BCUT2D eigenvalue weighted by molar-refractivity contribution is 9.09. The van der Waals surface area contributed by atoms with Gasteiger partial charge in [-0.2, -0.15) is 0 Å². The number of aliphatic hydroxyl groups excluding tert-OH is 1. The fraction of sp³-hybridized carbons (Fsp3) is 0.594. The van der Waals surface area contributed by atoms with Crippen LogP contribution < -0.4 is 0 Å². The van der Waals surface area contributed by atoms with Crippen molar-refractivity contribution in [3.63, 3.8) is 0 Å². The van der Waals surface area contributed by atoms with Crippen LogP contribution in [0.4, 0.5) is 0 Å². The molecule has 1 N–H and O–H groups in total. The maximum absolute atomic E-state index is 14.7. The zero-order valence-electron chi connectivity index (χ0n) is 24.3. The number of benzene rings is 1. The number of carbonyl (C=O) groups excluding carboxylic acids is 3. The van der Waals surface area contributed by atoms with Gasteiger partial charge in [-0.05, 0) is 24.8 Å². The normalized spacial score (nSPS) is 28.8. The van der Waals surface area contributed by atoms with Crippen molar-refractivity contribution < 1.29 is 19.5 Å². The number of alkyl halides is 1. The summed E-state index contributed by atoms with van der Waals surface area (Å²) in [6, 6.07) is 7.93. The molecule has 3 amide bonds. The van der Waals surface area contributed by atoms with E-state index in [0.29, 0.717) is 32.6 Å². The van der Waals surface area contributed by atoms with Gasteiger partial charge in [-0.25, -0.2) is 0 Å². The fourth-order valence-corrected chi connectivity index (χ4v) is 10.7. The lowest BCUT2D eigenvalue weighted by Gasteiger charge is -2.40. The van der Waals surface area contributed by atoms with Crippen molar-refractivity contribution in [1.29, 1.82) is 0 Å². The predicted octanol–water partition coefficient (Wildman–Crippen LogP) is 4.81. The Hall–Kier alpha value is -2.10. The molecule has 1 spiro atoms. The van der Waals surface area contributed by atoms with E-state index < -0.39 is 28.7 Å². The van der Waals surface area contributed by atoms with Crippen molar-refractivity contribution in [3.8, 4) is 0 Å². The van der Waals surface area contributed by atoms with Crippen LogP contribution in [-0.4, -0.2) is 91.2 Å². The lowest BCUT2D eigenvalue weighted by atomic mass is 9.70. The summed E-state index contributed by atoms with van der Waals surface area (Å²) in [5, 5.41) is 10.6. The molecular formula is C32H44BrN3O4S. The molecule has 7 atom stereocenters. The van der Waals surface area contributed by atoms with Crippen LogP contribution >= 0.6 is 27.7 Å². The van der Waals surface area contributed by atoms with E-state index in [1.54, 1.807) is 33.7 Å². The number of carbonyl (C=O) groups is 3. The molecule has 4 rings (SSSR count). The fourth-order valence-electron chi connectivity index (χ4n) is 7.10. The standard InChI is InChI=1S/C32H44BrN3O4S/c1-5-9-13-19-35(18-8-4)31(40)28-32-20-23(33)27(41-32)25(29(38)34(16-6-2)17-7-3)26(32)30(39)36(28)24(21-37)22-14-11-10-12-15-22/h6,8,10-12,14-15,23-28,37H,2,4-5,7,9,13,16-21H2,1,3H3/t23?,24-,25+,26+,27+,28?,32?/m1/s1. The summed E-state index contributed by atoms with van der Waals surface area (Å²) in [7, 11) is 0. The van der Waals surface area contributed by atoms with Gasteiger partial charge >= 0.3 is 0 Å². The first-order valence-electron chi connectivity index (χ1n) is 14.9. The van der Waals surface area contributed by atoms with Gasteiger partial charge in [0.25, 0.3) is 0 Å². The van der Waals surface area contributed by atoms with Gasteiger partial charge in [-0.15, -0.1) is 24.9 Å². The van der Waals surface area contributed by atoms with Gasteiger partial charge in [-0.1, -0.05) is 85.1 Å². The van der Waals surface area contributed by atoms with Crippen molar-refractivity contribution in [1.82, 2.24) is 14.7 Å². The summed E-state index contributed by atoms with van der Waals surface area (Å²) in [6.45, 7) is 13.5. The molecule has 0 aromatic heterocycles. The van der Waals surface area contributed by atoms with E-state index in [2.05, 4.69) is 36.0 Å². The van der Waals surface area contributed by atoms with Crippen molar-refractivity contribution in [2.45, 2.75) is 72.9 Å². The topological polar surface area (TPSA) is 81.2 Å². The van der Waals surface area contributed by atoms with Crippen LogP contribution in [0.2, 0.25) is 0 Å². The Kier molecular flexibility index (Phi) is 10.8. The molecule has 3 aliphatic rings. The minimum absolute atomic E-state index is 0.00907. The lowest BCUT2D eigenvalue weighted by molar-refractivity contribution is -0.147. The Morgan fingerprint density at radius 2 is 1.76 bits per heavy atom. The van der Waals surface area contributed by atoms with Crippen LogP contribution in [-0.2, 0) is 14.4 Å². The maximum Gasteiger partial charge on any atom is 0.247 e. The van der Waals surface area contributed by atoms with Crippen LogP contribution in [0.5, 0.6) is 0 Å². The number of nitrogens with zero attached hydrogens (tertiary/aromatic N) is 3. The highest BCUT2D eigenvalue weighted by Crippen LogP contribution is 2.68. The minimum Gasteiger partial charge on any atom is -0.394 e. The zero-order chi connectivity index (χ0) is 29.7. The first-order valence-corrected chi connectivity index (χ1v) is 16.7. The highest BCUT2D eigenvalue weighted by atomic mass is 79.9. The molecule has 3 aliphatic heterocycles. The van der Waals surface area contributed by atoms with Gasteiger partial charge < -0.3 is 19.8 Å². The number of fused-ring (bicyclic) bond motifs is 1. The molecule has 0 radical (unpaired) electrons. The van der Waals surface area contributed by atoms with E-state index in [4.69, 9.17) is 0 Å². The highest BCUT2D eigenvalue weighted by Gasteiger charge is 2.76.